The molecule has 1 atom stereocenters. The predicted octanol–water partition coefficient (Wildman–Crippen LogP) is 2.18. The zero-order chi connectivity index (χ0) is 13.7. The molecule has 0 aromatic heterocycles. The number of hydrogen-bond acceptors (Lipinski definition) is 3. The minimum Gasteiger partial charge on any atom is -0.313 e. The number of rotatable bonds is 8. The molecule has 3 heteroatoms. The molecule has 3 nitrogen and oxygen atoms in total. The Morgan fingerprint density at radius 2 is 1.84 bits per heavy atom. The second kappa shape index (κ2) is 7.61. The van der Waals surface area contributed by atoms with E-state index in [9.17, 15) is 0 Å². The van der Waals surface area contributed by atoms with Gasteiger partial charge in [0.15, 0.2) is 0 Å². The van der Waals surface area contributed by atoms with Gasteiger partial charge in [0.1, 0.15) is 0 Å². The number of likely N-dealkylation sites (N-methyl/N-ethyl adjacent to an activating group) is 1. The first kappa shape index (κ1) is 15.3. The van der Waals surface area contributed by atoms with E-state index in [0.717, 1.165) is 12.0 Å². The average molecular weight is 267 g/mol. The predicted molar refractivity (Wildman–Crippen MR) is 82.6 cm³/mol. The van der Waals surface area contributed by atoms with Crippen LogP contribution in [0.1, 0.15) is 46.5 Å². The van der Waals surface area contributed by atoms with Crippen molar-refractivity contribution in [2.24, 2.45) is 5.92 Å². The summed E-state index contributed by atoms with van der Waals surface area (Å²) in [6.07, 6.45) is 5.61. The number of piperidine rings is 1. The van der Waals surface area contributed by atoms with Crippen molar-refractivity contribution in [3.8, 4) is 0 Å². The highest BCUT2D eigenvalue weighted by Crippen LogP contribution is 2.26. The van der Waals surface area contributed by atoms with E-state index in [0.29, 0.717) is 6.04 Å². The number of likely N-dealkylation sites (tertiary alicyclic amines) is 1. The summed E-state index contributed by atoms with van der Waals surface area (Å²) < 4.78 is 0. The van der Waals surface area contributed by atoms with E-state index in [1.54, 1.807) is 0 Å². The summed E-state index contributed by atoms with van der Waals surface area (Å²) in [7, 11) is 0. The Morgan fingerprint density at radius 1 is 1.16 bits per heavy atom. The second-order valence-electron chi connectivity index (χ2n) is 6.37. The van der Waals surface area contributed by atoms with E-state index >= 15 is 0 Å². The van der Waals surface area contributed by atoms with Crippen LogP contribution in [0.15, 0.2) is 0 Å². The van der Waals surface area contributed by atoms with Gasteiger partial charge < -0.3 is 10.2 Å². The van der Waals surface area contributed by atoms with E-state index < -0.39 is 0 Å². The third kappa shape index (κ3) is 4.73. The quantitative estimate of drug-likeness (QED) is 0.727. The van der Waals surface area contributed by atoms with Gasteiger partial charge in [-0.1, -0.05) is 13.8 Å². The summed E-state index contributed by atoms with van der Waals surface area (Å²) in [6, 6.07) is 1.60. The molecule has 1 heterocycles. The Bertz CT molecular complexity index is 244. The van der Waals surface area contributed by atoms with Crippen molar-refractivity contribution in [2.45, 2.75) is 58.5 Å². The number of nitrogens with one attached hydrogen (secondary N) is 1. The molecule has 112 valence electrons. The molecule has 0 radical (unpaired) electrons. The second-order valence-corrected chi connectivity index (χ2v) is 6.37. The SMILES string of the molecule is CCN1CCC(C(C)NCCN(CC)C2CC2)CC1. The van der Waals surface area contributed by atoms with E-state index in [1.807, 2.05) is 0 Å². The van der Waals surface area contributed by atoms with Crippen LogP contribution in [0.4, 0.5) is 0 Å². The van der Waals surface area contributed by atoms with Gasteiger partial charge in [-0.25, -0.2) is 0 Å². The highest BCUT2D eigenvalue weighted by Gasteiger charge is 2.27. The van der Waals surface area contributed by atoms with Crippen molar-refractivity contribution in [1.82, 2.24) is 15.1 Å². The number of nitrogens with zero attached hydrogens (tertiary/aromatic N) is 2. The largest absolute Gasteiger partial charge is 0.313 e. The molecule has 1 aliphatic heterocycles. The van der Waals surface area contributed by atoms with Crippen LogP contribution in [0.3, 0.4) is 0 Å². The summed E-state index contributed by atoms with van der Waals surface area (Å²) >= 11 is 0. The standard InChI is InChI=1S/C16H33N3/c1-4-18-11-8-15(9-12-18)14(3)17-10-13-19(5-2)16-6-7-16/h14-17H,4-13H2,1-3H3. The molecular weight excluding hydrogens is 234 g/mol. The van der Waals surface area contributed by atoms with Crippen LogP contribution in [-0.4, -0.2) is 61.2 Å². The normalized spacial score (nSPS) is 24.0. The molecule has 0 aromatic carbocycles. The maximum atomic E-state index is 3.77. The maximum Gasteiger partial charge on any atom is 0.0110 e. The van der Waals surface area contributed by atoms with Crippen molar-refractivity contribution in [2.75, 3.05) is 39.3 Å². The van der Waals surface area contributed by atoms with Gasteiger partial charge in [0, 0.05) is 25.2 Å². The molecule has 1 N–H and O–H groups in total. The maximum absolute atomic E-state index is 3.77. The topological polar surface area (TPSA) is 18.5 Å². The van der Waals surface area contributed by atoms with Gasteiger partial charge in [-0.15, -0.1) is 0 Å². The average Bonchev–Trinajstić information content (AvgIpc) is 3.28. The van der Waals surface area contributed by atoms with E-state index in [1.165, 1.54) is 65.0 Å². The fourth-order valence-electron chi connectivity index (χ4n) is 3.41. The fourth-order valence-corrected chi connectivity index (χ4v) is 3.41. The molecule has 2 aliphatic rings. The van der Waals surface area contributed by atoms with Gasteiger partial charge in [0.2, 0.25) is 0 Å². The molecule has 1 unspecified atom stereocenters. The zero-order valence-corrected chi connectivity index (χ0v) is 13.2. The lowest BCUT2D eigenvalue weighted by Gasteiger charge is -2.35. The lowest BCUT2D eigenvalue weighted by atomic mass is 9.90. The van der Waals surface area contributed by atoms with Crippen LogP contribution in [0, 0.1) is 5.92 Å². The summed E-state index contributed by atoms with van der Waals surface area (Å²) in [4.78, 5) is 5.22. The zero-order valence-electron chi connectivity index (χ0n) is 13.2. The minimum atomic E-state index is 0.692. The Labute approximate surface area is 119 Å². The fraction of sp³-hybridized carbons (Fsp3) is 1.00. The van der Waals surface area contributed by atoms with Crippen LogP contribution in [0.25, 0.3) is 0 Å². The van der Waals surface area contributed by atoms with Crippen LogP contribution in [0.5, 0.6) is 0 Å². The highest BCUT2D eigenvalue weighted by molar-refractivity contribution is 4.85. The van der Waals surface area contributed by atoms with E-state index in [2.05, 4.69) is 35.9 Å². The Kier molecular flexibility index (Phi) is 6.11. The first-order valence-electron chi connectivity index (χ1n) is 8.44. The lowest BCUT2D eigenvalue weighted by Crippen LogP contribution is -2.44. The Balaban J connectivity index is 1.60. The third-order valence-corrected chi connectivity index (χ3v) is 5.12. The number of hydrogen-bond donors (Lipinski definition) is 1. The van der Waals surface area contributed by atoms with Gasteiger partial charge in [-0.3, -0.25) is 4.90 Å². The first-order chi connectivity index (χ1) is 9.24. The third-order valence-electron chi connectivity index (χ3n) is 5.12. The van der Waals surface area contributed by atoms with Gasteiger partial charge in [-0.05, 0) is 64.7 Å². The Hall–Kier alpha value is -0.120. The molecule has 1 saturated heterocycles. The summed E-state index contributed by atoms with van der Waals surface area (Å²) in [5, 5.41) is 3.77. The van der Waals surface area contributed by atoms with Crippen molar-refractivity contribution in [3.05, 3.63) is 0 Å². The smallest absolute Gasteiger partial charge is 0.0110 e. The van der Waals surface area contributed by atoms with Gasteiger partial charge >= 0.3 is 0 Å². The molecule has 19 heavy (non-hydrogen) atoms. The van der Waals surface area contributed by atoms with Crippen LogP contribution in [-0.2, 0) is 0 Å². The van der Waals surface area contributed by atoms with Crippen molar-refractivity contribution >= 4 is 0 Å². The Morgan fingerprint density at radius 3 is 2.37 bits per heavy atom. The monoisotopic (exact) mass is 267 g/mol. The molecule has 1 saturated carbocycles. The van der Waals surface area contributed by atoms with Crippen LogP contribution in [0.2, 0.25) is 0 Å². The molecule has 0 aromatic rings. The summed E-state index contributed by atoms with van der Waals surface area (Å²) in [6.45, 7) is 14.4. The molecular formula is C16H33N3. The molecule has 0 spiro atoms. The van der Waals surface area contributed by atoms with E-state index in [-0.39, 0.29) is 0 Å². The van der Waals surface area contributed by atoms with E-state index in [4.69, 9.17) is 0 Å². The van der Waals surface area contributed by atoms with Crippen molar-refractivity contribution in [1.29, 1.82) is 0 Å². The van der Waals surface area contributed by atoms with Gasteiger partial charge in [0.25, 0.3) is 0 Å². The molecule has 1 aliphatic carbocycles. The van der Waals surface area contributed by atoms with Crippen molar-refractivity contribution in [3.63, 3.8) is 0 Å². The minimum absolute atomic E-state index is 0.692. The van der Waals surface area contributed by atoms with Crippen LogP contribution >= 0.6 is 0 Å². The summed E-state index contributed by atoms with van der Waals surface area (Å²) in [5.74, 6) is 0.888. The molecule has 2 fully saturated rings. The first-order valence-corrected chi connectivity index (χ1v) is 8.44. The highest BCUT2D eigenvalue weighted by atomic mass is 15.2. The van der Waals surface area contributed by atoms with Crippen molar-refractivity contribution < 1.29 is 0 Å². The molecule has 2 rings (SSSR count). The van der Waals surface area contributed by atoms with Gasteiger partial charge in [0.05, 0.1) is 0 Å². The molecule has 0 amide bonds. The molecule has 0 bridgehead atoms. The van der Waals surface area contributed by atoms with Gasteiger partial charge in [-0.2, -0.15) is 0 Å². The van der Waals surface area contributed by atoms with Crippen LogP contribution < -0.4 is 5.32 Å². The summed E-state index contributed by atoms with van der Waals surface area (Å²) in [5.41, 5.74) is 0. The lowest BCUT2D eigenvalue weighted by molar-refractivity contribution is 0.166.